The second-order valence-corrected chi connectivity index (χ2v) is 5.07. The predicted molar refractivity (Wildman–Crippen MR) is 65.9 cm³/mol. The minimum absolute atomic E-state index is 0.0406. The van der Waals surface area contributed by atoms with E-state index in [1.807, 2.05) is 0 Å². The quantitative estimate of drug-likeness (QED) is 0.593. The third-order valence-electron chi connectivity index (χ3n) is 1.76. The van der Waals surface area contributed by atoms with Crippen LogP contribution in [0.4, 0.5) is 13.2 Å². The highest BCUT2D eigenvalue weighted by atomic mass is 35.5. The van der Waals surface area contributed by atoms with Crippen molar-refractivity contribution in [3.8, 4) is 5.75 Å². The van der Waals surface area contributed by atoms with Crippen LogP contribution in [-0.4, -0.2) is 24.2 Å². The summed E-state index contributed by atoms with van der Waals surface area (Å²) in [5, 5.41) is 0.334. The van der Waals surface area contributed by atoms with Gasteiger partial charge in [0.1, 0.15) is 5.75 Å². The summed E-state index contributed by atoms with van der Waals surface area (Å²) in [6, 6.07) is 2.68. The number of aldehydes is 1. The summed E-state index contributed by atoms with van der Waals surface area (Å²) >= 11 is 11.2. The summed E-state index contributed by atoms with van der Waals surface area (Å²) in [6.45, 7) is -0.216. The van der Waals surface area contributed by atoms with Crippen molar-refractivity contribution in [2.45, 2.75) is 5.51 Å². The van der Waals surface area contributed by atoms with Crippen LogP contribution in [0, 0.1) is 0 Å². The first-order valence-electron chi connectivity index (χ1n) is 4.61. The van der Waals surface area contributed by atoms with Crippen LogP contribution >= 0.6 is 35.0 Å². The third kappa shape index (κ3) is 4.96. The number of ether oxygens (including phenoxy) is 1. The molecule has 0 unspecified atom stereocenters. The zero-order chi connectivity index (χ0) is 13.8. The Morgan fingerprint density at radius 1 is 1.33 bits per heavy atom. The zero-order valence-corrected chi connectivity index (χ0v) is 11.1. The van der Waals surface area contributed by atoms with E-state index in [2.05, 4.69) is 0 Å². The van der Waals surface area contributed by atoms with E-state index in [4.69, 9.17) is 27.9 Å². The van der Waals surface area contributed by atoms with Gasteiger partial charge in [-0.05, 0) is 23.9 Å². The number of thioether (sulfide) groups is 1. The van der Waals surface area contributed by atoms with Gasteiger partial charge in [0.05, 0.1) is 17.2 Å². The molecule has 0 fully saturated rings. The maximum absolute atomic E-state index is 11.9. The van der Waals surface area contributed by atoms with Crippen molar-refractivity contribution in [2.75, 3.05) is 12.4 Å². The first-order valence-corrected chi connectivity index (χ1v) is 6.35. The monoisotopic (exact) mass is 318 g/mol. The van der Waals surface area contributed by atoms with Gasteiger partial charge in [-0.2, -0.15) is 13.2 Å². The van der Waals surface area contributed by atoms with Crippen molar-refractivity contribution in [3.05, 3.63) is 27.7 Å². The van der Waals surface area contributed by atoms with Gasteiger partial charge in [-0.1, -0.05) is 23.2 Å². The number of benzene rings is 1. The molecule has 0 bridgehead atoms. The molecule has 0 saturated carbocycles. The van der Waals surface area contributed by atoms with E-state index in [1.54, 1.807) is 0 Å². The summed E-state index contributed by atoms with van der Waals surface area (Å²) in [4.78, 5) is 10.7. The maximum atomic E-state index is 11.9. The van der Waals surface area contributed by atoms with Crippen molar-refractivity contribution in [1.29, 1.82) is 0 Å². The van der Waals surface area contributed by atoms with E-state index in [0.717, 1.165) is 0 Å². The third-order valence-corrected chi connectivity index (χ3v) is 2.96. The van der Waals surface area contributed by atoms with Crippen LogP contribution in [0.1, 0.15) is 10.4 Å². The molecule has 1 aromatic rings. The lowest BCUT2D eigenvalue weighted by Gasteiger charge is -2.11. The van der Waals surface area contributed by atoms with Gasteiger partial charge >= 0.3 is 5.51 Å². The minimum Gasteiger partial charge on any atom is -0.490 e. The summed E-state index contributed by atoms with van der Waals surface area (Å²) in [5.74, 6) is -0.250. The van der Waals surface area contributed by atoms with Gasteiger partial charge in [-0.15, -0.1) is 0 Å². The van der Waals surface area contributed by atoms with E-state index in [9.17, 15) is 18.0 Å². The van der Waals surface area contributed by atoms with Crippen LogP contribution in [-0.2, 0) is 0 Å². The molecule has 0 spiro atoms. The number of carbonyl (C=O) groups excluding carboxylic acids is 1. The van der Waals surface area contributed by atoms with Gasteiger partial charge in [-0.3, -0.25) is 4.79 Å². The SMILES string of the molecule is O=Cc1cc(Cl)cc(Cl)c1OCCSC(F)(F)F. The Hall–Kier alpha value is -0.590. The Morgan fingerprint density at radius 3 is 2.56 bits per heavy atom. The summed E-state index contributed by atoms with van der Waals surface area (Å²) in [5.41, 5.74) is -4.20. The molecule has 0 aliphatic carbocycles. The Bertz CT molecular complexity index is 438. The number of hydrogen-bond acceptors (Lipinski definition) is 3. The molecule has 1 rings (SSSR count). The fourth-order valence-electron chi connectivity index (χ4n) is 1.12. The lowest BCUT2D eigenvalue weighted by atomic mass is 10.2. The van der Waals surface area contributed by atoms with Crippen molar-refractivity contribution >= 4 is 41.2 Å². The summed E-state index contributed by atoms with van der Waals surface area (Å²) in [7, 11) is 0. The van der Waals surface area contributed by atoms with Crippen LogP contribution in [0.2, 0.25) is 10.0 Å². The highest BCUT2D eigenvalue weighted by molar-refractivity contribution is 8.00. The van der Waals surface area contributed by atoms with Gasteiger partial charge in [0.2, 0.25) is 0 Å². The molecule has 0 amide bonds. The van der Waals surface area contributed by atoms with Crippen LogP contribution in [0.15, 0.2) is 12.1 Å². The summed E-state index contributed by atoms with van der Waals surface area (Å²) in [6.07, 6.45) is 0.476. The first-order chi connectivity index (χ1) is 8.33. The molecule has 0 heterocycles. The van der Waals surface area contributed by atoms with Gasteiger partial charge in [0, 0.05) is 10.8 Å². The highest BCUT2D eigenvalue weighted by Gasteiger charge is 2.27. The molecule has 0 saturated heterocycles. The fraction of sp³-hybridized carbons (Fsp3) is 0.300. The molecule has 1 aromatic carbocycles. The van der Waals surface area contributed by atoms with Crippen molar-refractivity contribution < 1.29 is 22.7 Å². The van der Waals surface area contributed by atoms with Crippen molar-refractivity contribution in [2.24, 2.45) is 0 Å². The van der Waals surface area contributed by atoms with Crippen molar-refractivity contribution in [1.82, 2.24) is 0 Å². The molecular formula is C10H7Cl2F3O2S. The topological polar surface area (TPSA) is 26.3 Å². The van der Waals surface area contributed by atoms with Crippen LogP contribution in [0.5, 0.6) is 5.75 Å². The molecule has 8 heteroatoms. The lowest BCUT2D eigenvalue weighted by molar-refractivity contribution is -0.0329. The molecule has 0 radical (unpaired) electrons. The highest BCUT2D eigenvalue weighted by Crippen LogP contribution is 2.33. The van der Waals surface area contributed by atoms with Gasteiger partial charge < -0.3 is 4.74 Å². The minimum atomic E-state index is -4.30. The molecule has 0 N–H and O–H groups in total. The second-order valence-electron chi connectivity index (χ2n) is 3.07. The molecule has 2 nitrogen and oxygen atoms in total. The van der Waals surface area contributed by atoms with Crippen LogP contribution < -0.4 is 4.74 Å². The molecule has 0 aliphatic rings. The zero-order valence-electron chi connectivity index (χ0n) is 8.76. The fourth-order valence-corrected chi connectivity index (χ4v) is 2.08. The number of hydrogen-bond donors (Lipinski definition) is 0. The molecular weight excluding hydrogens is 312 g/mol. The molecule has 0 aromatic heterocycles. The number of carbonyl (C=O) groups is 1. The number of alkyl halides is 3. The Labute approximate surface area is 115 Å². The molecule has 0 aliphatic heterocycles. The van der Waals surface area contributed by atoms with E-state index in [0.29, 0.717) is 6.29 Å². The van der Waals surface area contributed by atoms with Gasteiger partial charge in [0.25, 0.3) is 0 Å². The number of rotatable bonds is 5. The smallest absolute Gasteiger partial charge is 0.441 e. The average molecular weight is 319 g/mol. The van der Waals surface area contributed by atoms with E-state index in [-0.39, 0.29) is 45.5 Å². The Balaban J connectivity index is 2.65. The molecule has 100 valence electrons. The second kappa shape index (κ2) is 6.54. The van der Waals surface area contributed by atoms with Gasteiger partial charge in [-0.25, -0.2) is 0 Å². The van der Waals surface area contributed by atoms with E-state index < -0.39 is 5.51 Å². The standard InChI is InChI=1S/C10H7Cl2F3O2S/c11-7-3-6(5-16)9(8(12)4-7)17-1-2-18-10(13,14)15/h3-5H,1-2H2. The van der Waals surface area contributed by atoms with E-state index in [1.165, 1.54) is 12.1 Å². The number of halogens is 5. The van der Waals surface area contributed by atoms with E-state index >= 15 is 0 Å². The molecule has 18 heavy (non-hydrogen) atoms. The Kier molecular flexibility index (Phi) is 5.62. The van der Waals surface area contributed by atoms with Gasteiger partial charge in [0.15, 0.2) is 6.29 Å². The first kappa shape index (κ1) is 15.5. The largest absolute Gasteiger partial charge is 0.490 e. The normalized spacial score (nSPS) is 11.4. The lowest BCUT2D eigenvalue weighted by Crippen LogP contribution is -2.08. The maximum Gasteiger partial charge on any atom is 0.441 e. The predicted octanol–water partition coefficient (Wildman–Crippen LogP) is 4.44. The average Bonchev–Trinajstić information content (AvgIpc) is 2.24. The Morgan fingerprint density at radius 2 is 2.00 bits per heavy atom. The van der Waals surface area contributed by atoms with Crippen molar-refractivity contribution in [3.63, 3.8) is 0 Å². The summed E-state index contributed by atoms with van der Waals surface area (Å²) < 4.78 is 40.7. The van der Waals surface area contributed by atoms with Crippen LogP contribution in [0.25, 0.3) is 0 Å². The van der Waals surface area contributed by atoms with Crippen LogP contribution in [0.3, 0.4) is 0 Å². The molecule has 0 atom stereocenters.